The minimum absolute atomic E-state index is 0.0187. The summed E-state index contributed by atoms with van der Waals surface area (Å²) in [6.07, 6.45) is 0.285. The molecule has 32 heavy (non-hydrogen) atoms. The van der Waals surface area contributed by atoms with Crippen LogP contribution in [0.4, 0.5) is 11.4 Å². The van der Waals surface area contributed by atoms with Crippen molar-refractivity contribution in [1.29, 1.82) is 0 Å². The number of carbonyl (C=O) groups is 3. The molecule has 2 amide bonds. The van der Waals surface area contributed by atoms with Gasteiger partial charge >= 0.3 is 0 Å². The smallest absolute Gasteiger partial charge is 0.290 e. The third kappa shape index (κ3) is 4.23. The molecule has 1 aromatic heterocycles. The second-order valence-electron chi connectivity index (χ2n) is 8.18. The number of methoxy groups -OCH3 is 1. The average Bonchev–Trinajstić information content (AvgIpc) is 3.08. The molecule has 4 rings (SSSR count). The number of fused-ring (bicyclic) bond motifs is 2. The number of pyridine rings is 1. The van der Waals surface area contributed by atoms with Crippen molar-refractivity contribution in [1.82, 2.24) is 9.88 Å². The minimum Gasteiger partial charge on any atom is -0.483 e. The Morgan fingerprint density at radius 3 is 2.53 bits per heavy atom. The lowest BCUT2D eigenvalue weighted by molar-refractivity contribution is -0.123. The van der Waals surface area contributed by atoms with E-state index < -0.39 is 0 Å². The van der Waals surface area contributed by atoms with Gasteiger partial charge in [-0.15, -0.1) is 0 Å². The molecular formula is C23H28N4O5. The summed E-state index contributed by atoms with van der Waals surface area (Å²) in [6, 6.07) is 8.00. The molecule has 2 aliphatic heterocycles. The molecule has 170 valence electrons. The van der Waals surface area contributed by atoms with Gasteiger partial charge < -0.3 is 25.0 Å². The summed E-state index contributed by atoms with van der Waals surface area (Å²) in [5.41, 5.74) is 4.90. The first kappa shape index (κ1) is 23.1. The molecule has 0 saturated heterocycles. The Kier molecular flexibility index (Phi) is 6.67. The van der Waals surface area contributed by atoms with Gasteiger partial charge in [-0.3, -0.25) is 14.4 Å². The maximum atomic E-state index is 12.9. The lowest BCUT2D eigenvalue weighted by Gasteiger charge is -2.28. The molecule has 0 saturated carbocycles. The molecule has 0 bridgehead atoms. The van der Waals surface area contributed by atoms with Gasteiger partial charge in [0.05, 0.1) is 24.9 Å². The van der Waals surface area contributed by atoms with Gasteiger partial charge in [-0.05, 0) is 37.6 Å². The fourth-order valence-corrected chi connectivity index (χ4v) is 4.08. The van der Waals surface area contributed by atoms with Crippen LogP contribution in [-0.2, 0) is 16.1 Å². The number of nitrogens with zero attached hydrogens (tertiary/aromatic N) is 3. The Labute approximate surface area is 187 Å². The average molecular weight is 441 g/mol. The molecule has 1 atom stereocenters. The van der Waals surface area contributed by atoms with Gasteiger partial charge in [0, 0.05) is 49.4 Å². The van der Waals surface area contributed by atoms with Crippen LogP contribution in [0.3, 0.4) is 0 Å². The Morgan fingerprint density at radius 1 is 1.25 bits per heavy atom. The number of nitrogens with one attached hydrogen (secondary N) is 1. The second kappa shape index (κ2) is 9.25. The molecule has 2 aromatic rings. The number of hydrogen-bond donors (Lipinski definition) is 2. The number of hydrogen-bond acceptors (Lipinski definition) is 6. The topological polar surface area (TPSA) is 112 Å². The summed E-state index contributed by atoms with van der Waals surface area (Å²) < 4.78 is 5.59. The number of carbonyl (C=O) groups excluding carboxylic acids is 2. The molecule has 3 heterocycles. The maximum Gasteiger partial charge on any atom is 0.290 e. The summed E-state index contributed by atoms with van der Waals surface area (Å²) in [5.74, 6) is 0.180. The number of anilines is 2. The first-order valence-electron chi connectivity index (χ1n) is 10.3. The van der Waals surface area contributed by atoms with E-state index in [0.717, 1.165) is 28.2 Å². The van der Waals surface area contributed by atoms with Gasteiger partial charge in [0.15, 0.2) is 0 Å². The Bertz CT molecular complexity index is 1050. The van der Waals surface area contributed by atoms with Crippen molar-refractivity contribution >= 4 is 29.7 Å². The highest BCUT2D eigenvalue weighted by molar-refractivity contribution is 5.99. The van der Waals surface area contributed by atoms with Crippen molar-refractivity contribution in [2.24, 2.45) is 0 Å². The number of amides is 2. The van der Waals surface area contributed by atoms with E-state index in [1.165, 1.54) is 0 Å². The van der Waals surface area contributed by atoms with Gasteiger partial charge in [-0.1, -0.05) is 6.07 Å². The van der Waals surface area contributed by atoms with Crippen molar-refractivity contribution < 1.29 is 24.2 Å². The van der Waals surface area contributed by atoms with E-state index in [2.05, 4.69) is 10.3 Å². The molecule has 1 aromatic carbocycles. The zero-order valence-electron chi connectivity index (χ0n) is 18.9. The molecule has 0 fully saturated rings. The highest BCUT2D eigenvalue weighted by Gasteiger charge is 2.35. The number of ether oxygens (including phenoxy) is 1. The largest absolute Gasteiger partial charge is 0.483 e. The molecular weight excluding hydrogens is 412 g/mol. The SMILES string of the molecule is COc1nc2c(cc1C1CC(=O)Nc3cc(N(C)C)ccc31)C(=O)N(C(C)C)C2.O=CO. The van der Waals surface area contributed by atoms with Crippen molar-refractivity contribution in [3.05, 3.63) is 46.6 Å². The molecule has 9 nitrogen and oxygen atoms in total. The Balaban J connectivity index is 0.000000913. The van der Waals surface area contributed by atoms with Crippen LogP contribution >= 0.6 is 0 Å². The molecule has 2 aliphatic rings. The number of carboxylic acid groups (broad SMARTS) is 1. The van der Waals surface area contributed by atoms with E-state index in [1.807, 2.05) is 57.1 Å². The zero-order chi connectivity index (χ0) is 23.6. The van der Waals surface area contributed by atoms with E-state index in [9.17, 15) is 9.59 Å². The monoisotopic (exact) mass is 440 g/mol. The predicted molar refractivity (Wildman–Crippen MR) is 120 cm³/mol. The molecule has 2 N–H and O–H groups in total. The summed E-state index contributed by atoms with van der Waals surface area (Å²) in [4.78, 5) is 42.1. The normalized spacial score (nSPS) is 16.6. The van der Waals surface area contributed by atoms with Crippen LogP contribution in [0.2, 0.25) is 0 Å². The first-order chi connectivity index (χ1) is 15.2. The zero-order valence-corrected chi connectivity index (χ0v) is 18.9. The number of benzene rings is 1. The third-order valence-corrected chi connectivity index (χ3v) is 5.69. The Morgan fingerprint density at radius 2 is 1.94 bits per heavy atom. The van der Waals surface area contributed by atoms with Crippen LogP contribution in [0, 0.1) is 0 Å². The van der Waals surface area contributed by atoms with E-state index in [0.29, 0.717) is 18.0 Å². The van der Waals surface area contributed by atoms with Crippen LogP contribution in [0.1, 0.15) is 53.4 Å². The lowest BCUT2D eigenvalue weighted by atomic mass is 9.84. The quantitative estimate of drug-likeness (QED) is 0.703. The van der Waals surface area contributed by atoms with Crippen molar-refractivity contribution in [3.8, 4) is 5.88 Å². The fourth-order valence-electron chi connectivity index (χ4n) is 4.08. The second-order valence-corrected chi connectivity index (χ2v) is 8.18. The van der Waals surface area contributed by atoms with Gasteiger partial charge in [-0.2, -0.15) is 0 Å². The van der Waals surface area contributed by atoms with Gasteiger partial charge in [0.2, 0.25) is 11.8 Å². The molecule has 9 heteroatoms. The summed E-state index contributed by atoms with van der Waals surface area (Å²) in [5, 5.41) is 9.86. The third-order valence-electron chi connectivity index (χ3n) is 5.69. The van der Waals surface area contributed by atoms with Gasteiger partial charge in [-0.25, -0.2) is 4.98 Å². The summed E-state index contributed by atoms with van der Waals surface area (Å²) >= 11 is 0. The maximum absolute atomic E-state index is 12.9. The highest BCUT2D eigenvalue weighted by Crippen LogP contribution is 2.42. The van der Waals surface area contributed by atoms with Crippen molar-refractivity contribution in [2.75, 3.05) is 31.4 Å². The molecule has 0 radical (unpaired) electrons. The van der Waals surface area contributed by atoms with Gasteiger partial charge in [0.1, 0.15) is 0 Å². The molecule has 0 spiro atoms. The van der Waals surface area contributed by atoms with Crippen LogP contribution < -0.4 is 15.0 Å². The van der Waals surface area contributed by atoms with Crippen LogP contribution in [0.15, 0.2) is 24.3 Å². The fraction of sp³-hybridized carbons (Fsp3) is 0.391. The van der Waals surface area contributed by atoms with Gasteiger partial charge in [0.25, 0.3) is 12.4 Å². The van der Waals surface area contributed by atoms with Crippen LogP contribution in [0.5, 0.6) is 5.88 Å². The van der Waals surface area contributed by atoms with Crippen LogP contribution in [-0.4, -0.2) is 60.5 Å². The Hall–Kier alpha value is -3.62. The molecule has 1 unspecified atom stereocenters. The predicted octanol–water partition coefficient (Wildman–Crippen LogP) is 2.70. The van der Waals surface area contributed by atoms with E-state index in [4.69, 9.17) is 14.6 Å². The minimum atomic E-state index is -0.250. The standard InChI is InChI=1S/C22H26N4O3.CH2O2/c1-12(2)26-11-19-17(22(26)28)9-16(21(24-19)29-5)15-10-20(27)23-18-8-13(25(3)4)6-7-14(15)18;2-1-3/h6-9,12,15H,10-11H2,1-5H3,(H,23,27);1H,(H,2,3). The number of aromatic nitrogens is 1. The van der Waals surface area contributed by atoms with E-state index in [-0.39, 0.29) is 36.7 Å². The lowest BCUT2D eigenvalue weighted by Crippen LogP contribution is -2.30. The first-order valence-corrected chi connectivity index (χ1v) is 10.3. The summed E-state index contributed by atoms with van der Waals surface area (Å²) in [7, 11) is 5.50. The van der Waals surface area contributed by atoms with Crippen molar-refractivity contribution in [3.63, 3.8) is 0 Å². The molecule has 0 aliphatic carbocycles. The highest BCUT2D eigenvalue weighted by atomic mass is 16.5. The number of rotatable bonds is 4. The van der Waals surface area contributed by atoms with Crippen LogP contribution in [0.25, 0.3) is 0 Å². The van der Waals surface area contributed by atoms with E-state index in [1.54, 1.807) is 12.0 Å². The summed E-state index contributed by atoms with van der Waals surface area (Å²) in [6.45, 7) is 4.22. The van der Waals surface area contributed by atoms with Crippen molar-refractivity contribution in [2.45, 2.75) is 38.8 Å². The van der Waals surface area contributed by atoms with E-state index >= 15 is 0 Å².